The molecule has 2 rings (SSSR count). The predicted octanol–water partition coefficient (Wildman–Crippen LogP) is 4.47. The fourth-order valence-electron chi connectivity index (χ4n) is 2.85. The van der Waals surface area contributed by atoms with Crippen LogP contribution in [0.15, 0.2) is 42.5 Å². The fraction of sp³-hybridized carbons (Fsp3) is 0.409. The molecule has 0 saturated carbocycles. The van der Waals surface area contributed by atoms with Crippen LogP contribution in [-0.4, -0.2) is 26.2 Å². The van der Waals surface area contributed by atoms with E-state index in [0.717, 1.165) is 16.9 Å². The molecule has 5 heteroatoms. The van der Waals surface area contributed by atoms with Crippen LogP contribution in [0.1, 0.15) is 50.8 Å². The molecular weight excluding hydrogens is 342 g/mol. The molecule has 1 N–H and O–H groups in total. The van der Waals surface area contributed by atoms with Gasteiger partial charge in [0.2, 0.25) is 0 Å². The summed E-state index contributed by atoms with van der Waals surface area (Å²) in [5.41, 5.74) is 2.01. The molecule has 0 heterocycles. The molecule has 0 aliphatic heterocycles. The minimum atomic E-state index is -0.604. The van der Waals surface area contributed by atoms with Crippen LogP contribution >= 0.6 is 0 Å². The summed E-state index contributed by atoms with van der Waals surface area (Å²) in [4.78, 5) is 12.6. The first-order valence-corrected chi connectivity index (χ1v) is 9.15. The summed E-state index contributed by atoms with van der Waals surface area (Å²) in [5, 5.41) is 2.99. The standard InChI is InChI=1S/C22H29NO4/c1-14(2)18-9-7-8-10-19(18)27-16(4)22(24)23-15(3)17-11-12-20(25-5)21(13-17)26-6/h7-16H,1-6H3,(H,23,24)/t15-,16+/m1/s1. The number of rotatable bonds is 8. The maximum atomic E-state index is 12.6. The van der Waals surface area contributed by atoms with E-state index in [2.05, 4.69) is 19.2 Å². The van der Waals surface area contributed by atoms with Crippen LogP contribution in [0.5, 0.6) is 17.2 Å². The zero-order valence-corrected chi connectivity index (χ0v) is 16.9. The van der Waals surface area contributed by atoms with Crippen molar-refractivity contribution in [1.82, 2.24) is 5.32 Å². The van der Waals surface area contributed by atoms with Crippen LogP contribution in [0.2, 0.25) is 0 Å². The molecule has 0 spiro atoms. The molecule has 1 amide bonds. The minimum absolute atomic E-state index is 0.171. The third-order valence-electron chi connectivity index (χ3n) is 4.48. The quantitative estimate of drug-likeness (QED) is 0.744. The molecule has 0 unspecified atom stereocenters. The number of hydrogen-bond acceptors (Lipinski definition) is 4. The van der Waals surface area contributed by atoms with Crippen LogP contribution in [0, 0.1) is 0 Å². The lowest BCUT2D eigenvalue weighted by Gasteiger charge is -2.21. The van der Waals surface area contributed by atoms with E-state index >= 15 is 0 Å². The number of carbonyl (C=O) groups is 1. The van der Waals surface area contributed by atoms with Crippen molar-refractivity contribution in [2.45, 2.75) is 45.8 Å². The molecule has 0 aliphatic carbocycles. The zero-order valence-electron chi connectivity index (χ0n) is 16.9. The molecule has 0 aliphatic rings. The Hall–Kier alpha value is -2.69. The monoisotopic (exact) mass is 371 g/mol. The number of para-hydroxylation sites is 1. The number of amides is 1. The summed E-state index contributed by atoms with van der Waals surface area (Å²) in [5.74, 6) is 2.18. The summed E-state index contributed by atoms with van der Waals surface area (Å²) < 4.78 is 16.5. The molecule has 27 heavy (non-hydrogen) atoms. The average Bonchev–Trinajstić information content (AvgIpc) is 2.67. The van der Waals surface area contributed by atoms with Gasteiger partial charge in [-0.15, -0.1) is 0 Å². The van der Waals surface area contributed by atoms with Gasteiger partial charge in [-0.2, -0.15) is 0 Å². The predicted molar refractivity (Wildman–Crippen MR) is 107 cm³/mol. The summed E-state index contributed by atoms with van der Waals surface area (Å²) in [6, 6.07) is 13.2. The number of benzene rings is 2. The Kier molecular flexibility index (Phi) is 7.11. The van der Waals surface area contributed by atoms with E-state index in [0.29, 0.717) is 17.4 Å². The normalized spacial score (nSPS) is 13.0. The number of methoxy groups -OCH3 is 2. The lowest BCUT2D eigenvalue weighted by atomic mass is 10.0. The Balaban J connectivity index is 2.06. The maximum absolute atomic E-state index is 12.6. The van der Waals surface area contributed by atoms with E-state index < -0.39 is 6.10 Å². The van der Waals surface area contributed by atoms with Crippen molar-refractivity contribution in [3.05, 3.63) is 53.6 Å². The van der Waals surface area contributed by atoms with Crippen LogP contribution in [0.25, 0.3) is 0 Å². The van der Waals surface area contributed by atoms with Crippen molar-refractivity contribution >= 4 is 5.91 Å². The molecule has 2 aromatic rings. The van der Waals surface area contributed by atoms with Crippen LogP contribution in [0.3, 0.4) is 0 Å². The van der Waals surface area contributed by atoms with Crippen molar-refractivity contribution < 1.29 is 19.0 Å². The van der Waals surface area contributed by atoms with Crippen molar-refractivity contribution in [1.29, 1.82) is 0 Å². The Morgan fingerprint density at radius 2 is 1.56 bits per heavy atom. The van der Waals surface area contributed by atoms with Gasteiger partial charge in [-0.25, -0.2) is 0 Å². The van der Waals surface area contributed by atoms with E-state index in [9.17, 15) is 4.79 Å². The average molecular weight is 371 g/mol. The molecule has 0 saturated heterocycles. The van der Waals surface area contributed by atoms with E-state index in [1.807, 2.05) is 49.4 Å². The van der Waals surface area contributed by atoms with Gasteiger partial charge in [0, 0.05) is 0 Å². The Morgan fingerprint density at radius 3 is 2.19 bits per heavy atom. The van der Waals surface area contributed by atoms with Crippen LogP contribution in [-0.2, 0) is 4.79 Å². The van der Waals surface area contributed by atoms with E-state index in [-0.39, 0.29) is 11.9 Å². The third-order valence-corrected chi connectivity index (χ3v) is 4.48. The molecule has 0 bridgehead atoms. The minimum Gasteiger partial charge on any atom is -0.493 e. The van der Waals surface area contributed by atoms with Gasteiger partial charge in [0.15, 0.2) is 17.6 Å². The van der Waals surface area contributed by atoms with Gasteiger partial charge in [0.1, 0.15) is 5.75 Å². The Bertz CT molecular complexity index is 773. The first-order valence-electron chi connectivity index (χ1n) is 9.15. The Labute approximate surface area is 161 Å². The molecule has 5 nitrogen and oxygen atoms in total. The second-order valence-electron chi connectivity index (χ2n) is 6.80. The van der Waals surface area contributed by atoms with Crippen molar-refractivity contribution in [3.8, 4) is 17.2 Å². The number of nitrogens with one attached hydrogen (secondary N) is 1. The maximum Gasteiger partial charge on any atom is 0.261 e. The van der Waals surface area contributed by atoms with Gasteiger partial charge in [-0.1, -0.05) is 38.1 Å². The lowest BCUT2D eigenvalue weighted by Crippen LogP contribution is -2.37. The second kappa shape index (κ2) is 9.31. The lowest BCUT2D eigenvalue weighted by molar-refractivity contribution is -0.127. The van der Waals surface area contributed by atoms with Gasteiger partial charge in [0.25, 0.3) is 5.91 Å². The third kappa shape index (κ3) is 5.16. The topological polar surface area (TPSA) is 56.8 Å². The van der Waals surface area contributed by atoms with Crippen molar-refractivity contribution in [2.24, 2.45) is 0 Å². The summed E-state index contributed by atoms with van der Waals surface area (Å²) >= 11 is 0. The van der Waals surface area contributed by atoms with Crippen molar-refractivity contribution in [2.75, 3.05) is 14.2 Å². The molecule has 2 aromatic carbocycles. The van der Waals surface area contributed by atoms with Gasteiger partial charge in [-0.05, 0) is 49.1 Å². The largest absolute Gasteiger partial charge is 0.493 e. The van der Waals surface area contributed by atoms with Crippen LogP contribution < -0.4 is 19.5 Å². The second-order valence-corrected chi connectivity index (χ2v) is 6.80. The van der Waals surface area contributed by atoms with Gasteiger partial charge in [0.05, 0.1) is 20.3 Å². The Morgan fingerprint density at radius 1 is 0.889 bits per heavy atom. The number of hydrogen-bond donors (Lipinski definition) is 1. The SMILES string of the molecule is COc1ccc([C@@H](C)NC(=O)[C@H](C)Oc2ccccc2C(C)C)cc1OC. The zero-order chi connectivity index (χ0) is 20.0. The molecule has 0 fully saturated rings. The van der Waals surface area contributed by atoms with Crippen LogP contribution in [0.4, 0.5) is 0 Å². The highest BCUT2D eigenvalue weighted by Gasteiger charge is 2.20. The first kappa shape index (κ1) is 20.6. The summed E-state index contributed by atoms with van der Waals surface area (Å²) in [6.07, 6.45) is -0.604. The molecule has 0 aromatic heterocycles. The number of ether oxygens (including phenoxy) is 3. The molecule has 146 valence electrons. The highest BCUT2D eigenvalue weighted by Crippen LogP contribution is 2.30. The van der Waals surface area contributed by atoms with Crippen molar-refractivity contribution in [3.63, 3.8) is 0 Å². The highest BCUT2D eigenvalue weighted by atomic mass is 16.5. The van der Waals surface area contributed by atoms with E-state index in [1.165, 1.54) is 0 Å². The van der Waals surface area contributed by atoms with Gasteiger partial charge >= 0.3 is 0 Å². The smallest absolute Gasteiger partial charge is 0.261 e. The van der Waals surface area contributed by atoms with E-state index in [1.54, 1.807) is 21.1 Å². The molecule has 0 radical (unpaired) electrons. The molecule has 2 atom stereocenters. The van der Waals surface area contributed by atoms with E-state index in [4.69, 9.17) is 14.2 Å². The van der Waals surface area contributed by atoms with Gasteiger partial charge < -0.3 is 19.5 Å². The highest BCUT2D eigenvalue weighted by molar-refractivity contribution is 5.81. The summed E-state index contributed by atoms with van der Waals surface area (Å²) in [6.45, 7) is 7.89. The first-order chi connectivity index (χ1) is 12.9. The number of carbonyl (C=O) groups excluding carboxylic acids is 1. The fourth-order valence-corrected chi connectivity index (χ4v) is 2.85. The van der Waals surface area contributed by atoms with Gasteiger partial charge in [-0.3, -0.25) is 4.79 Å². The summed E-state index contributed by atoms with van der Waals surface area (Å²) in [7, 11) is 3.18. The molecular formula is C22H29NO4.